The molecule has 1 N–H and O–H groups in total. The summed E-state index contributed by atoms with van der Waals surface area (Å²) in [5.41, 5.74) is 0.799. The summed E-state index contributed by atoms with van der Waals surface area (Å²) in [6, 6.07) is 7.30. The zero-order chi connectivity index (χ0) is 19.9. The molecule has 28 heavy (non-hydrogen) atoms. The topological polar surface area (TPSA) is 92.8 Å². The highest BCUT2D eigenvalue weighted by molar-refractivity contribution is 6.30. The van der Waals surface area contributed by atoms with Crippen molar-refractivity contribution in [1.82, 2.24) is 20.4 Å². The molecular formula is C19H24ClN5O3. The van der Waals surface area contributed by atoms with E-state index in [4.69, 9.17) is 20.9 Å². The third-order valence-electron chi connectivity index (χ3n) is 4.57. The molecule has 0 unspecified atom stereocenters. The molecule has 1 aliphatic rings. The zero-order valence-corrected chi connectivity index (χ0v) is 16.8. The smallest absolute Gasteiger partial charge is 0.309 e. The first-order valence-electron chi connectivity index (χ1n) is 9.31. The first-order valence-corrected chi connectivity index (χ1v) is 9.69. The van der Waals surface area contributed by atoms with Gasteiger partial charge in [-0.15, -0.1) is 0 Å². The first kappa shape index (κ1) is 20.1. The summed E-state index contributed by atoms with van der Waals surface area (Å²) in [4.78, 5) is 22.7. The van der Waals surface area contributed by atoms with Crippen molar-refractivity contribution in [2.45, 2.75) is 26.3 Å². The minimum absolute atomic E-state index is 0.0366. The van der Waals surface area contributed by atoms with Crippen LogP contribution in [0.4, 0.5) is 0 Å². The molecule has 1 aromatic heterocycles. The van der Waals surface area contributed by atoms with Crippen molar-refractivity contribution in [3.63, 3.8) is 0 Å². The number of guanidine groups is 1. The monoisotopic (exact) mass is 405 g/mol. The molecule has 9 heteroatoms. The minimum Gasteiger partial charge on any atom is -0.466 e. The molecule has 0 aliphatic carbocycles. The quantitative estimate of drug-likeness (QED) is 0.464. The maximum absolute atomic E-state index is 11.9. The van der Waals surface area contributed by atoms with Gasteiger partial charge in [0.25, 0.3) is 0 Å². The molecule has 3 rings (SSSR count). The number of piperidine rings is 1. The second kappa shape index (κ2) is 9.54. The van der Waals surface area contributed by atoms with Gasteiger partial charge in [0, 0.05) is 30.7 Å². The summed E-state index contributed by atoms with van der Waals surface area (Å²) in [7, 11) is 1.73. The van der Waals surface area contributed by atoms with Crippen molar-refractivity contribution in [2.75, 3.05) is 26.7 Å². The molecule has 0 bridgehead atoms. The standard InChI is InChI=1S/C19H24ClN5O3/c1-3-27-18(26)13-7-9-25(10-8-13)19(21-2)22-12-16-23-17(24-28-16)14-5-4-6-15(20)11-14/h4-6,11,13H,3,7-10,12H2,1-2H3,(H,21,22). The fourth-order valence-corrected chi connectivity index (χ4v) is 3.34. The summed E-state index contributed by atoms with van der Waals surface area (Å²) in [5, 5.41) is 7.86. The summed E-state index contributed by atoms with van der Waals surface area (Å²) >= 11 is 6.01. The molecule has 8 nitrogen and oxygen atoms in total. The van der Waals surface area contributed by atoms with Gasteiger partial charge in [-0.25, -0.2) is 0 Å². The van der Waals surface area contributed by atoms with E-state index in [9.17, 15) is 4.79 Å². The van der Waals surface area contributed by atoms with Gasteiger partial charge in [0.1, 0.15) is 0 Å². The number of esters is 1. The third kappa shape index (κ3) is 5.01. The molecule has 0 radical (unpaired) electrons. The number of hydrogen-bond donors (Lipinski definition) is 1. The average molecular weight is 406 g/mol. The van der Waals surface area contributed by atoms with Crippen LogP contribution in [-0.4, -0.2) is 53.7 Å². The van der Waals surface area contributed by atoms with E-state index >= 15 is 0 Å². The number of hydrogen-bond acceptors (Lipinski definition) is 6. The van der Waals surface area contributed by atoms with E-state index < -0.39 is 0 Å². The molecule has 1 aromatic carbocycles. The molecule has 0 spiro atoms. The van der Waals surface area contributed by atoms with Crippen LogP contribution in [0.3, 0.4) is 0 Å². The summed E-state index contributed by atoms with van der Waals surface area (Å²) in [5.74, 6) is 1.54. The van der Waals surface area contributed by atoms with Crippen molar-refractivity contribution in [3.8, 4) is 11.4 Å². The molecule has 1 aliphatic heterocycles. The van der Waals surface area contributed by atoms with Crippen LogP contribution in [-0.2, 0) is 16.1 Å². The summed E-state index contributed by atoms with van der Waals surface area (Å²) < 4.78 is 10.4. The number of carbonyl (C=O) groups excluding carboxylic acids is 1. The number of nitrogens with zero attached hydrogens (tertiary/aromatic N) is 4. The Balaban J connectivity index is 1.53. The molecule has 1 fully saturated rings. The largest absolute Gasteiger partial charge is 0.466 e. The van der Waals surface area contributed by atoms with Crippen LogP contribution in [0.25, 0.3) is 11.4 Å². The number of carbonyl (C=O) groups is 1. The van der Waals surface area contributed by atoms with Gasteiger partial charge < -0.3 is 19.5 Å². The van der Waals surface area contributed by atoms with Crippen LogP contribution in [0.5, 0.6) is 0 Å². The lowest BCUT2D eigenvalue weighted by Crippen LogP contribution is -2.46. The SMILES string of the molecule is CCOC(=O)C1CCN(C(=NC)NCc2nc(-c3cccc(Cl)c3)no2)CC1. The minimum atomic E-state index is -0.107. The second-order valence-electron chi connectivity index (χ2n) is 6.44. The molecule has 0 saturated carbocycles. The van der Waals surface area contributed by atoms with Gasteiger partial charge >= 0.3 is 5.97 Å². The number of halogens is 1. The van der Waals surface area contributed by atoms with E-state index in [1.165, 1.54) is 0 Å². The maximum Gasteiger partial charge on any atom is 0.309 e. The second-order valence-corrected chi connectivity index (χ2v) is 6.87. The highest BCUT2D eigenvalue weighted by Crippen LogP contribution is 2.20. The molecule has 0 atom stereocenters. The highest BCUT2D eigenvalue weighted by atomic mass is 35.5. The Morgan fingerprint density at radius 1 is 1.43 bits per heavy atom. The van der Waals surface area contributed by atoms with Crippen LogP contribution in [0.1, 0.15) is 25.7 Å². The Morgan fingerprint density at radius 3 is 2.89 bits per heavy atom. The van der Waals surface area contributed by atoms with Gasteiger partial charge in [-0.05, 0) is 31.9 Å². The normalized spacial score (nSPS) is 15.5. The zero-order valence-electron chi connectivity index (χ0n) is 16.0. The highest BCUT2D eigenvalue weighted by Gasteiger charge is 2.27. The Labute approximate surface area is 168 Å². The molecule has 150 valence electrons. The summed E-state index contributed by atoms with van der Waals surface area (Å²) in [6.45, 7) is 4.08. The molecule has 2 heterocycles. The van der Waals surface area contributed by atoms with E-state index in [1.54, 1.807) is 19.2 Å². The van der Waals surface area contributed by atoms with Crippen LogP contribution in [0.15, 0.2) is 33.8 Å². The van der Waals surface area contributed by atoms with Crippen LogP contribution >= 0.6 is 11.6 Å². The van der Waals surface area contributed by atoms with E-state index in [-0.39, 0.29) is 11.9 Å². The third-order valence-corrected chi connectivity index (χ3v) is 4.81. The van der Waals surface area contributed by atoms with Crippen molar-refractivity contribution < 1.29 is 14.1 Å². The Morgan fingerprint density at radius 2 is 2.21 bits per heavy atom. The van der Waals surface area contributed by atoms with Gasteiger partial charge in [0.2, 0.25) is 11.7 Å². The van der Waals surface area contributed by atoms with Crippen molar-refractivity contribution >= 4 is 23.5 Å². The number of likely N-dealkylation sites (tertiary alicyclic amines) is 1. The fraction of sp³-hybridized carbons (Fsp3) is 0.474. The first-order chi connectivity index (χ1) is 13.6. The van der Waals surface area contributed by atoms with Crippen LogP contribution in [0.2, 0.25) is 5.02 Å². The van der Waals surface area contributed by atoms with Gasteiger partial charge in [-0.1, -0.05) is 28.9 Å². The van der Waals surface area contributed by atoms with E-state index in [1.807, 2.05) is 19.1 Å². The van der Waals surface area contributed by atoms with Gasteiger partial charge in [0.15, 0.2) is 5.96 Å². The number of ether oxygens (including phenoxy) is 1. The predicted octanol–water partition coefficient (Wildman–Crippen LogP) is 2.74. The Hall–Kier alpha value is -2.61. The Kier molecular flexibility index (Phi) is 6.86. The van der Waals surface area contributed by atoms with E-state index in [0.717, 1.165) is 37.5 Å². The van der Waals surface area contributed by atoms with E-state index in [0.29, 0.717) is 29.9 Å². The Bertz CT molecular complexity index is 830. The van der Waals surface area contributed by atoms with Crippen molar-refractivity contribution in [2.24, 2.45) is 10.9 Å². The molecule has 0 amide bonds. The number of rotatable bonds is 5. The van der Waals surface area contributed by atoms with Crippen LogP contribution < -0.4 is 5.32 Å². The fourth-order valence-electron chi connectivity index (χ4n) is 3.15. The lowest BCUT2D eigenvalue weighted by molar-refractivity contribution is -0.149. The lowest BCUT2D eigenvalue weighted by Gasteiger charge is -2.33. The van der Waals surface area contributed by atoms with Gasteiger partial charge in [-0.2, -0.15) is 4.98 Å². The number of aliphatic imine (C=N–C) groups is 1. The van der Waals surface area contributed by atoms with Crippen molar-refractivity contribution in [1.29, 1.82) is 0 Å². The van der Waals surface area contributed by atoms with E-state index in [2.05, 4.69) is 25.3 Å². The maximum atomic E-state index is 11.9. The van der Waals surface area contributed by atoms with Gasteiger partial charge in [0.05, 0.1) is 19.1 Å². The molecule has 2 aromatic rings. The van der Waals surface area contributed by atoms with Gasteiger partial charge in [-0.3, -0.25) is 9.79 Å². The predicted molar refractivity (Wildman–Crippen MR) is 106 cm³/mol. The number of benzene rings is 1. The average Bonchev–Trinajstić information content (AvgIpc) is 3.18. The number of aromatic nitrogens is 2. The molecular weight excluding hydrogens is 382 g/mol. The molecule has 1 saturated heterocycles. The van der Waals surface area contributed by atoms with Crippen LogP contribution in [0, 0.1) is 5.92 Å². The van der Waals surface area contributed by atoms with Crippen molar-refractivity contribution in [3.05, 3.63) is 35.2 Å². The summed E-state index contributed by atoms with van der Waals surface area (Å²) in [6.07, 6.45) is 1.50. The number of nitrogens with one attached hydrogen (secondary N) is 1. The lowest BCUT2D eigenvalue weighted by atomic mass is 9.97.